The van der Waals surface area contributed by atoms with E-state index in [1.807, 2.05) is 45.9 Å². The van der Waals surface area contributed by atoms with Crippen LogP contribution in [0, 0.1) is 6.92 Å². The third-order valence-corrected chi connectivity index (χ3v) is 4.00. The molecule has 3 aromatic rings. The fraction of sp³-hybridized carbons (Fsp3) is 0.227. The molecule has 1 amide bonds. The summed E-state index contributed by atoms with van der Waals surface area (Å²) in [5.74, 6) is 0.757. The number of phenols is 1. The van der Waals surface area contributed by atoms with Gasteiger partial charge in [-0.15, -0.1) is 0 Å². The minimum Gasteiger partial charge on any atom is -0.508 e. The molecule has 0 bridgehead atoms. The largest absolute Gasteiger partial charge is 0.508 e. The molecule has 150 valence electrons. The second-order valence-corrected chi connectivity index (χ2v) is 7.85. The van der Waals surface area contributed by atoms with Crippen molar-refractivity contribution >= 4 is 17.7 Å². The molecule has 0 aliphatic heterocycles. The molecule has 0 aliphatic rings. The van der Waals surface area contributed by atoms with E-state index >= 15 is 0 Å². The van der Waals surface area contributed by atoms with Crippen LogP contribution in [0.4, 0.5) is 5.82 Å². The van der Waals surface area contributed by atoms with Gasteiger partial charge in [-0.25, -0.2) is 0 Å². The minimum atomic E-state index is -0.345. The third kappa shape index (κ3) is 5.68. The Morgan fingerprint density at radius 3 is 2.34 bits per heavy atom. The summed E-state index contributed by atoms with van der Waals surface area (Å²) < 4.78 is 0. The summed E-state index contributed by atoms with van der Waals surface area (Å²) in [5.41, 5.74) is 2.84. The fourth-order valence-corrected chi connectivity index (χ4v) is 2.60. The molecule has 2 aromatic carbocycles. The molecule has 0 atom stereocenters. The normalized spacial score (nSPS) is 11.9. The van der Waals surface area contributed by atoms with E-state index in [1.165, 1.54) is 0 Å². The van der Waals surface area contributed by atoms with Crippen molar-refractivity contribution < 1.29 is 9.90 Å². The Kier molecular flexibility index (Phi) is 5.68. The van der Waals surface area contributed by atoms with Crippen LogP contribution in [0.1, 0.15) is 36.7 Å². The molecule has 3 rings (SSSR count). The van der Waals surface area contributed by atoms with Crippen LogP contribution in [0.3, 0.4) is 0 Å². The van der Waals surface area contributed by atoms with Crippen molar-refractivity contribution in [3.63, 3.8) is 0 Å². The van der Waals surface area contributed by atoms with Crippen LogP contribution in [0.2, 0.25) is 0 Å². The van der Waals surface area contributed by atoms with Gasteiger partial charge in [0, 0.05) is 22.7 Å². The number of carbonyl (C=O) groups is 1. The van der Waals surface area contributed by atoms with E-state index in [0.29, 0.717) is 23.0 Å². The van der Waals surface area contributed by atoms with Crippen molar-refractivity contribution in [3.8, 4) is 17.0 Å². The first-order valence-corrected chi connectivity index (χ1v) is 9.29. The maximum atomic E-state index is 12.6. The Bertz CT molecular complexity index is 1010. The lowest BCUT2D eigenvalue weighted by Crippen LogP contribution is -2.44. The lowest BCUT2D eigenvalue weighted by molar-refractivity contribution is 0.100. The average molecular weight is 391 g/mol. The van der Waals surface area contributed by atoms with E-state index in [2.05, 4.69) is 25.8 Å². The second-order valence-electron chi connectivity index (χ2n) is 7.85. The molecule has 0 unspecified atom stereocenters. The quantitative estimate of drug-likeness (QED) is 0.398. The zero-order valence-corrected chi connectivity index (χ0v) is 16.9. The molecule has 4 N–H and O–H groups in total. The van der Waals surface area contributed by atoms with E-state index in [4.69, 9.17) is 0 Å². The Morgan fingerprint density at radius 2 is 1.72 bits per heavy atom. The number of hydrogen-bond donors (Lipinski definition) is 4. The Hall–Kier alpha value is -3.61. The number of benzene rings is 2. The third-order valence-electron chi connectivity index (χ3n) is 4.00. The molecule has 29 heavy (non-hydrogen) atoms. The number of nitrogens with one attached hydrogen (secondary N) is 3. The second kappa shape index (κ2) is 8.18. The lowest BCUT2D eigenvalue weighted by atomic mass is 10.1. The van der Waals surface area contributed by atoms with Crippen molar-refractivity contribution in [1.82, 2.24) is 15.5 Å². The number of anilines is 1. The average Bonchev–Trinajstić information content (AvgIpc) is 3.09. The molecule has 7 heteroatoms. The van der Waals surface area contributed by atoms with E-state index in [9.17, 15) is 9.90 Å². The number of aromatic amines is 1. The van der Waals surface area contributed by atoms with E-state index < -0.39 is 0 Å². The van der Waals surface area contributed by atoms with Gasteiger partial charge in [0.15, 0.2) is 0 Å². The maximum Gasteiger partial charge on any atom is 0.280 e. The summed E-state index contributed by atoms with van der Waals surface area (Å²) >= 11 is 0. The standard InChI is InChI=1S/C22H25N5O2/c1-14-5-7-16(8-6-14)20(29)24-21(25-22(2,3)4)23-19-13-18(26-27-19)15-9-11-17(28)12-10-15/h5-13,28H,1-4H3,(H3,23,24,25,26,27,29). The number of aliphatic imine (C=N–C) groups is 1. The van der Waals surface area contributed by atoms with Crippen molar-refractivity contribution in [2.45, 2.75) is 33.2 Å². The van der Waals surface area contributed by atoms with Crippen molar-refractivity contribution in [1.29, 1.82) is 0 Å². The van der Waals surface area contributed by atoms with Crippen LogP contribution in [-0.2, 0) is 0 Å². The number of aromatic nitrogens is 2. The summed E-state index contributed by atoms with van der Waals surface area (Å²) in [6.45, 7) is 7.91. The zero-order valence-electron chi connectivity index (χ0n) is 16.9. The number of guanidine groups is 1. The smallest absolute Gasteiger partial charge is 0.280 e. The number of amides is 1. The molecule has 0 radical (unpaired) electrons. The van der Waals surface area contributed by atoms with Crippen LogP contribution in [0.5, 0.6) is 5.75 Å². The van der Waals surface area contributed by atoms with Crippen LogP contribution in [-0.4, -0.2) is 32.7 Å². The van der Waals surface area contributed by atoms with Crippen LogP contribution in [0.25, 0.3) is 11.3 Å². The molecular formula is C22H25N5O2. The molecule has 1 aromatic heterocycles. The molecule has 0 fully saturated rings. The predicted octanol–water partition coefficient (Wildman–Crippen LogP) is 4.09. The van der Waals surface area contributed by atoms with Crippen LogP contribution >= 0.6 is 0 Å². The van der Waals surface area contributed by atoms with Gasteiger partial charge in [-0.3, -0.25) is 9.89 Å². The molecule has 1 heterocycles. The maximum absolute atomic E-state index is 12.6. The van der Waals surface area contributed by atoms with Crippen LogP contribution < -0.4 is 10.6 Å². The van der Waals surface area contributed by atoms with Crippen molar-refractivity contribution in [2.75, 3.05) is 5.32 Å². The number of phenolic OH excluding ortho intramolecular Hbond substituents is 1. The van der Waals surface area contributed by atoms with Gasteiger partial charge in [0.1, 0.15) is 11.6 Å². The molecular weight excluding hydrogens is 366 g/mol. The van der Waals surface area contributed by atoms with Gasteiger partial charge in [0.05, 0.1) is 5.69 Å². The highest BCUT2D eigenvalue weighted by molar-refractivity contribution is 6.06. The highest BCUT2D eigenvalue weighted by Crippen LogP contribution is 2.22. The molecule has 7 nitrogen and oxygen atoms in total. The number of carbonyl (C=O) groups excluding carboxylic acids is 1. The Balaban J connectivity index is 1.83. The monoisotopic (exact) mass is 391 g/mol. The number of rotatable bonds is 3. The summed E-state index contributed by atoms with van der Waals surface area (Å²) in [6, 6.07) is 15.8. The SMILES string of the molecule is Cc1ccc(C(=O)/N=C(\Nc2cc(-c3ccc(O)cc3)n[nH]2)NC(C)(C)C)cc1. The summed E-state index contributed by atoms with van der Waals surface area (Å²) in [6.07, 6.45) is 0. The molecule has 0 spiro atoms. The van der Waals surface area contributed by atoms with Crippen molar-refractivity contribution in [3.05, 3.63) is 65.7 Å². The highest BCUT2D eigenvalue weighted by atomic mass is 16.3. The van der Waals surface area contributed by atoms with Gasteiger partial charge < -0.3 is 15.7 Å². The van der Waals surface area contributed by atoms with Gasteiger partial charge in [0.2, 0.25) is 5.96 Å². The molecule has 0 aliphatic carbocycles. The first-order valence-electron chi connectivity index (χ1n) is 9.29. The molecule has 0 saturated heterocycles. The van der Waals surface area contributed by atoms with E-state index in [1.54, 1.807) is 36.4 Å². The number of hydrogen-bond acceptors (Lipinski definition) is 3. The lowest BCUT2D eigenvalue weighted by Gasteiger charge is -2.23. The summed E-state index contributed by atoms with van der Waals surface area (Å²) in [7, 11) is 0. The van der Waals surface area contributed by atoms with Gasteiger partial charge in [0.25, 0.3) is 5.91 Å². The van der Waals surface area contributed by atoms with E-state index in [0.717, 1.165) is 11.1 Å². The van der Waals surface area contributed by atoms with Crippen molar-refractivity contribution in [2.24, 2.45) is 4.99 Å². The zero-order chi connectivity index (χ0) is 21.0. The fourth-order valence-electron chi connectivity index (χ4n) is 2.60. The summed E-state index contributed by atoms with van der Waals surface area (Å²) in [4.78, 5) is 16.8. The van der Waals surface area contributed by atoms with Gasteiger partial charge in [-0.1, -0.05) is 17.7 Å². The Labute approximate surface area is 169 Å². The minimum absolute atomic E-state index is 0.195. The van der Waals surface area contributed by atoms with Gasteiger partial charge in [-0.05, 0) is 64.1 Å². The number of nitrogens with zero attached hydrogens (tertiary/aromatic N) is 2. The predicted molar refractivity (Wildman–Crippen MR) is 115 cm³/mol. The Morgan fingerprint density at radius 1 is 1.07 bits per heavy atom. The van der Waals surface area contributed by atoms with Gasteiger partial charge >= 0.3 is 0 Å². The van der Waals surface area contributed by atoms with Crippen LogP contribution in [0.15, 0.2) is 59.6 Å². The van der Waals surface area contributed by atoms with Gasteiger partial charge in [-0.2, -0.15) is 10.1 Å². The molecule has 0 saturated carbocycles. The summed E-state index contributed by atoms with van der Waals surface area (Å²) in [5, 5.41) is 22.9. The topological polar surface area (TPSA) is 102 Å². The number of aromatic hydroxyl groups is 1. The van der Waals surface area contributed by atoms with E-state index in [-0.39, 0.29) is 17.2 Å². The number of aryl methyl sites for hydroxylation is 1. The first kappa shape index (κ1) is 20.1. The highest BCUT2D eigenvalue weighted by Gasteiger charge is 2.16. The first-order chi connectivity index (χ1) is 13.7. The number of H-pyrrole nitrogens is 1.